The van der Waals surface area contributed by atoms with Crippen molar-refractivity contribution in [1.82, 2.24) is 5.32 Å². The van der Waals surface area contributed by atoms with Crippen molar-refractivity contribution < 1.29 is 9.53 Å². The Morgan fingerprint density at radius 1 is 1.00 bits per heavy atom. The van der Waals surface area contributed by atoms with Gasteiger partial charge in [0.2, 0.25) is 0 Å². The van der Waals surface area contributed by atoms with Crippen LogP contribution >= 0.6 is 0 Å². The zero-order valence-corrected chi connectivity index (χ0v) is 14.6. The van der Waals surface area contributed by atoms with E-state index in [0.29, 0.717) is 18.7 Å². The minimum Gasteiger partial charge on any atom is -0.493 e. The molecule has 0 bridgehead atoms. The zero-order chi connectivity index (χ0) is 17.3. The van der Waals surface area contributed by atoms with Crippen molar-refractivity contribution in [3.63, 3.8) is 0 Å². The summed E-state index contributed by atoms with van der Waals surface area (Å²) in [6.45, 7) is 3.47. The summed E-state index contributed by atoms with van der Waals surface area (Å²) in [4.78, 5) is 14.4. The number of rotatable bonds is 7. The number of amides is 1. The summed E-state index contributed by atoms with van der Waals surface area (Å²) in [5.41, 5.74) is 1.94. The molecule has 4 heteroatoms. The highest BCUT2D eigenvalue weighted by molar-refractivity contribution is 5.94. The van der Waals surface area contributed by atoms with Crippen molar-refractivity contribution in [2.75, 3.05) is 31.1 Å². The number of benzene rings is 2. The second-order valence-electron chi connectivity index (χ2n) is 6.37. The lowest BCUT2D eigenvalue weighted by Crippen LogP contribution is -2.29. The Balaban J connectivity index is 1.39. The van der Waals surface area contributed by atoms with Crippen LogP contribution in [0.25, 0.3) is 0 Å². The largest absolute Gasteiger partial charge is 0.493 e. The third-order valence-corrected chi connectivity index (χ3v) is 4.45. The van der Waals surface area contributed by atoms with Gasteiger partial charge in [0.1, 0.15) is 5.75 Å². The summed E-state index contributed by atoms with van der Waals surface area (Å²) >= 11 is 0. The molecule has 132 valence electrons. The lowest BCUT2D eigenvalue weighted by Gasteiger charge is -2.29. The van der Waals surface area contributed by atoms with Gasteiger partial charge in [-0.2, -0.15) is 0 Å². The molecule has 1 N–H and O–H groups in total. The molecule has 2 aromatic rings. The van der Waals surface area contributed by atoms with E-state index in [1.807, 2.05) is 36.4 Å². The van der Waals surface area contributed by atoms with Gasteiger partial charge in [-0.25, -0.2) is 0 Å². The first-order chi connectivity index (χ1) is 12.3. The number of ether oxygens (including phenoxy) is 1. The molecule has 1 aliphatic heterocycles. The summed E-state index contributed by atoms with van der Waals surface area (Å²) < 4.78 is 5.85. The van der Waals surface area contributed by atoms with Gasteiger partial charge in [-0.1, -0.05) is 24.3 Å². The third-order valence-electron chi connectivity index (χ3n) is 4.45. The van der Waals surface area contributed by atoms with E-state index in [0.717, 1.165) is 25.3 Å². The van der Waals surface area contributed by atoms with Crippen molar-refractivity contribution in [3.8, 4) is 5.75 Å². The molecule has 25 heavy (non-hydrogen) atoms. The zero-order valence-electron chi connectivity index (χ0n) is 14.6. The van der Waals surface area contributed by atoms with Crippen LogP contribution in [0.15, 0.2) is 54.6 Å². The van der Waals surface area contributed by atoms with Gasteiger partial charge >= 0.3 is 0 Å². The summed E-state index contributed by atoms with van der Waals surface area (Å²) in [5.74, 6) is 0.866. The van der Waals surface area contributed by atoms with Gasteiger partial charge in [-0.15, -0.1) is 0 Å². The molecule has 1 amide bonds. The van der Waals surface area contributed by atoms with Gasteiger partial charge in [0.05, 0.1) is 6.61 Å². The van der Waals surface area contributed by atoms with Crippen LogP contribution in [-0.2, 0) is 0 Å². The number of carbonyl (C=O) groups is 1. The molecule has 2 aromatic carbocycles. The summed E-state index contributed by atoms with van der Waals surface area (Å²) in [6, 6.07) is 17.6. The Labute approximate surface area is 149 Å². The minimum absolute atomic E-state index is 0.0345. The molecule has 1 saturated heterocycles. The monoisotopic (exact) mass is 338 g/mol. The van der Waals surface area contributed by atoms with Gasteiger partial charge in [0, 0.05) is 37.0 Å². The van der Waals surface area contributed by atoms with E-state index in [2.05, 4.69) is 28.4 Å². The van der Waals surface area contributed by atoms with E-state index < -0.39 is 0 Å². The van der Waals surface area contributed by atoms with Crippen LogP contribution < -0.4 is 15.0 Å². The number of nitrogens with zero attached hydrogens (tertiary/aromatic N) is 1. The quantitative estimate of drug-likeness (QED) is 0.779. The van der Waals surface area contributed by atoms with E-state index in [1.165, 1.54) is 24.9 Å². The minimum atomic E-state index is -0.0345. The molecule has 0 radical (unpaired) electrons. The van der Waals surface area contributed by atoms with Crippen LogP contribution in [0.5, 0.6) is 5.75 Å². The summed E-state index contributed by atoms with van der Waals surface area (Å²) in [5, 5.41) is 2.92. The molecule has 1 aliphatic rings. The van der Waals surface area contributed by atoms with Gasteiger partial charge in [0.25, 0.3) is 5.91 Å². The highest BCUT2D eigenvalue weighted by Crippen LogP contribution is 2.24. The fourth-order valence-corrected chi connectivity index (χ4v) is 3.08. The average Bonchev–Trinajstić information content (AvgIpc) is 2.69. The molecule has 0 saturated carbocycles. The molecule has 0 atom stereocenters. The van der Waals surface area contributed by atoms with Crippen molar-refractivity contribution >= 4 is 11.6 Å². The highest BCUT2D eigenvalue weighted by Gasteiger charge is 2.11. The number of carbonyl (C=O) groups excluding carboxylic acids is 1. The Hall–Kier alpha value is -2.49. The average molecular weight is 338 g/mol. The topological polar surface area (TPSA) is 41.6 Å². The smallest absolute Gasteiger partial charge is 0.251 e. The van der Waals surface area contributed by atoms with Crippen molar-refractivity contribution in [2.24, 2.45) is 0 Å². The molecule has 0 aliphatic carbocycles. The SMILES string of the molecule is O=C(NCCCOc1cccc(N2CCCCC2)c1)c1ccccc1. The van der Waals surface area contributed by atoms with Gasteiger partial charge in [0.15, 0.2) is 0 Å². The molecule has 1 fully saturated rings. The van der Waals surface area contributed by atoms with E-state index in [4.69, 9.17) is 4.74 Å². The number of piperidine rings is 1. The predicted octanol–water partition coefficient (Wildman–Crippen LogP) is 3.88. The molecule has 3 rings (SSSR count). The molecule has 0 spiro atoms. The van der Waals surface area contributed by atoms with Gasteiger partial charge in [-0.05, 0) is 49.9 Å². The Kier molecular flexibility index (Phi) is 6.32. The molecule has 1 heterocycles. The van der Waals surface area contributed by atoms with Crippen LogP contribution in [0, 0.1) is 0 Å². The van der Waals surface area contributed by atoms with Gasteiger partial charge < -0.3 is 15.0 Å². The van der Waals surface area contributed by atoms with Crippen molar-refractivity contribution in [3.05, 3.63) is 60.2 Å². The fraction of sp³-hybridized carbons (Fsp3) is 0.381. The number of hydrogen-bond donors (Lipinski definition) is 1. The van der Waals surface area contributed by atoms with Crippen molar-refractivity contribution in [2.45, 2.75) is 25.7 Å². The Morgan fingerprint density at radius 2 is 1.80 bits per heavy atom. The molecule has 4 nitrogen and oxygen atoms in total. The van der Waals surface area contributed by atoms with Crippen LogP contribution in [0.1, 0.15) is 36.0 Å². The Bertz CT molecular complexity index is 667. The predicted molar refractivity (Wildman–Crippen MR) is 101 cm³/mol. The molecule has 0 aromatic heterocycles. The third kappa shape index (κ3) is 5.24. The molecular formula is C21H26N2O2. The van der Waals surface area contributed by atoms with Crippen LogP contribution in [0.4, 0.5) is 5.69 Å². The molecule has 0 unspecified atom stereocenters. The lowest BCUT2D eigenvalue weighted by atomic mass is 10.1. The number of anilines is 1. The summed E-state index contributed by atoms with van der Waals surface area (Å²) in [7, 11) is 0. The normalized spacial score (nSPS) is 14.2. The number of hydrogen-bond acceptors (Lipinski definition) is 3. The van der Waals surface area contributed by atoms with Crippen LogP contribution in [0.3, 0.4) is 0 Å². The Morgan fingerprint density at radius 3 is 2.60 bits per heavy atom. The van der Waals surface area contributed by atoms with Crippen LogP contribution in [-0.4, -0.2) is 32.1 Å². The first-order valence-corrected chi connectivity index (χ1v) is 9.14. The molecular weight excluding hydrogens is 312 g/mol. The first kappa shape index (κ1) is 17.3. The first-order valence-electron chi connectivity index (χ1n) is 9.14. The van der Waals surface area contributed by atoms with Gasteiger partial charge in [-0.3, -0.25) is 4.79 Å². The van der Waals surface area contributed by atoms with E-state index >= 15 is 0 Å². The number of nitrogens with one attached hydrogen (secondary N) is 1. The fourth-order valence-electron chi connectivity index (χ4n) is 3.08. The highest BCUT2D eigenvalue weighted by atomic mass is 16.5. The van der Waals surface area contributed by atoms with Crippen molar-refractivity contribution in [1.29, 1.82) is 0 Å². The van der Waals surface area contributed by atoms with Crippen LogP contribution in [0.2, 0.25) is 0 Å². The second-order valence-corrected chi connectivity index (χ2v) is 6.37. The maximum Gasteiger partial charge on any atom is 0.251 e. The van der Waals surface area contributed by atoms with E-state index in [9.17, 15) is 4.79 Å². The second kappa shape index (κ2) is 9.11. The van der Waals surface area contributed by atoms with E-state index in [-0.39, 0.29) is 5.91 Å². The standard InChI is InChI=1S/C21H26N2O2/c24-21(18-9-3-1-4-10-18)22-13-8-16-25-20-12-7-11-19(17-20)23-14-5-2-6-15-23/h1,3-4,7,9-12,17H,2,5-6,8,13-16H2,(H,22,24). The maximum absolute atomic E-state index is 11.9. The summed E-state index contributed by atoms with van der Waals surface area (Å²) in [6.07, 6.45) is 4.66. The van der Waals surface area contributed by atoms with E-state index in [1.54, 1.807) is 0 Å². The maximum atomic E-state index is 11.9. The lowest BCUT2D eigenvalue weighted by molar-refractivity contribution is 0.0951.